The molecule has 212 valence electrons. The highest BCUT2D eigenvalue weighted by Crippen LogP contribution is 2.46. The molecule has 0 unspecified atom stereocenters. The van der Waals surface area contributed by atoms with Crippen LogP contribution in [0, 0.1) is 25.7 Å². The minimum atomic E-state index is -0.854. The lowest BCUT2D eigenvalue weighted by Gasteiger charge is -2.60. The Hall–Kier alpha value is -2.92. The Morgan fingerprint density at radius 3 is 1.65 bits per heavy atom. The van der Waals surface area contributed by atoms with E-state index in [0.29, 0.717) is 23.4 Å². The molecule has 0 saturated carbocycles. The summed E-state index contributed by atoms with van der Waals surface area (Å²) >= 11 is 12.3. The number of anilines is 2. The van der Waals surface area contributed by atoms with Crippen LogP contribution in [0.15, 0.2) is 36.7 Å². The first-order valence-corrected chi connectivity index (χ1v) is 14.3. The van der Waals surface area contributed by atoms with Crippen molar-refractivity contribution in [3.05, 3.63) is 58.1 Å². The monoisotopic (exact) mass is 586 g/mol. The van der Waals surface area contributed by atoms with E-state index in [-0.39, 0.29) is 11.8 Å². The number of piperidine rings is 2. The molecular weight excluding hydrogens is 555 g/mol. The van der Waals surface area contributed by atoms with Gasteiger partial charge in [-0.15, -0.1) is 0 Å². The van der Waals surface area contributed by atoms with Crippen molar-refractivity contribution in [3.63, 3.8) is 0 Å². The van der Waals surface area contributed by atoms with Gasteiger partial charge >= 0.3 is 11.9 Å². The number of ether oxygens (including phenoxy) is 2. The Bertz CT molecular complexity index is 1270. The van der Waals surface area contributed by atoms with E-state index in [1.807, 2.05) is 35.8 Å². The molecule has 0 radical (unpaired) electrons. The van der Waals surface area contributed by atoms with Crippen molar-refractivity contribution >= 4 is 46.5 Å². The van der Waals surface area contributed by atoms with Crippen LogP contribution in [0.3, 0.4) is 0 Å². The molecule has 4 aliphatic rings. The Morgan fingerprint density at radius 2 is 1.27 bits per heavy atom. The zero-order chi connectivity index (χ0) is 28.1. The second-order valence-electron chi connectivity index (χ2n) is 11.0. The predicted molar refractivity (Wildman–Crippen MR) is 151 cm³/mol. The molecule has 40 heavy (non-hydrogen) atoms. The fraction of sp³-hybridized carbons (Fsp3) is 0.500. The topological polar surface area (TPSA) is 109 Å². The summed E-state index contributed by atoms with van der Waals surface area (Å²) in [5, 5.41) is 7.58. The van der Waals surface area contributed by atoms with E-state index in [1.54, 1.807) is 12.4 Å². The van der Waals surface area contributed by atoms with Gasteiger partial charge in [-0.2, -0.15) is 0 Å². The van der Waals surface area contributed by atoms with Crippen molar-refractivity contribution in [2.75, 3.05) is 49.1 Å². The van der Waals surface area contributed by atoms with Crippen LogP contribution in [0.5, 0.6) is 0 Å². The molecule has 0 spiro atoms. The molecule has 2 aromatic rings. The van der Waals surface area contributed by atoms with Gasteiger partial charge in [-0.05, 0) is 63.0 Å². The van der Waals surface area contributed by atoms with Crippen molar-refractivity contribution in [2.24, 2.45) is 11.8 Å². The number of nitrogens with zero attached hydrogens (tertiary/aromatic N) is 4. The molecule has 12 heteroatoms. The lowest BCUT2D eigenvalue weighted by atomic mass is 9.78. The largest absolute Gasteiger partial charge is 0.434 e. The maximum atomic E-state index is 13.1. The first-order valence-electron chi connectivity index (χ1n) is 13.6. The number of nitrogens with one attached hydrogen (secondary N) is 2. The normalized spacial score (nSPS) is 29.2. The highest BCUT2D eigenvalue weighted by Gasteiger charge is 2.59. The van der Waals surface area contributed by atoms with E-state index < -0.39 is 23.4 Å². The van der Waals surface area contributed by atoms with Gasteiger partial charge in [-0.1, -0.05) is 23.2 Å². The third-order valence-electron chi connectivity index (χ3n) is 8.62. The van der Waals surface area contributed by atoms with Gasteiger partial charge in [0.25, 0.3) is 0 Å². The fourth-order valence-electron chi connectivity index (χ4n) is 6.38. The second kappa shape index (κ2) is 10.5. The van der Waals surface area contributed by atoms with Crippen LogP contribution < -0.4 is 20.4 Å². The summed E-state index contributed by atoms with van der Waals surface area (Å²) in [6.45, 7) is 7.93. The van der Waals surface area contributed by atoms with Gasteiger partial charge in [0.15, 0.2) is 0 Å². The first-order chi connectivity index (χ1) is 19.2. The van der Waals surface area contributed by atoms with E-state index in [1.165, 1.54) is 0 Å². The number of halogens is 2. The lowest BCUT2D eigenvalue weighted by molar-refractivity contribution is -0.177. The van der Waals surface area contributed by atoms with Crippen LogP contribution >= 0.6 is 23.2 Å². The van der Waals surface area contributed by atoms with Gasteiger partial charge in [0.05, 0.1) is 36.9 Å². The average Bonchev–Trinajstić information content (AvgIpc) is 2.91. The summed E-state index contributed by atoms with van der Waals surface area (Å²) < 4.78 is 12.1. The molecule has 4 fully saturated rings. The summed E-state index contributed by atoms with van der Waals surface area (Å²) in [4.78, 5) is 38.7. The molecule has 0 aromatic carbocycles. The van der Waals surface area contributed by atoms with Gasteiger partial charge < -0.3 is 29.9 Å². The first kappa shape index (κ1) is 27.3. The molecule has 4 saturated heterocycles. The molecule has 6 heterocycles. The van der Waals surface area contributed by atoms with Crippen molar-refractivity contribution in [2.45, 2.75) is 38.1 Å². The van der Waals surface area contributed by atoms with E-state index in [9.17, 15) is 9.59 Å². The summed E-state index contributed by atoms with van der Waals surface area (Å²) in [6.07, 6.45) is 7.45. The molecule has 0 aliphatic carbocycles. The number of aryl methyl sites for hydroxylation is 2. The van der Waals surface area contributed by atoms with Crippen LogP contribution in [-0.2, 0) is 19.1 Å². The molecule has 10 nitrogen and oxygen atoms in total. The molecule has 2 aromatic heterocycles. The number of hydrogen-bond acceptors (Lipinski definition) is 10. The van der Waals surface area contributed by atoms with Crippen LogP contribution in [-0.4, -0.2) is 72.6 Å². The lowest BCUT2D eigenvalue weighted by Crippen LogP contribution is -2.76. The Morgan fingerprint density at radius 1 is 0.850 bits per heavy atom. The molecular formula is C28H32Cl2N6O4. The smallest absolute Gasteiger partial charge is 0.333 e. The molecule has 0 amide bonds. The third kappa shape index (κ3) is 4.60. The number of hydrogen-bond donors (Lipinski definition) is 2. The van der Waals surface area contributed by atoms with Crippen molar-refractivity contribution in [1.29, 1.82) is 0 Å². The standard InChI is InChI=1S/C28H32Cl2N6O4/c1-17-9-21(11-33-25(17)29)35-13-19-5-7-31-15-27(19,35)39-23(37)3-4-24(38)40-28-16-32-8-6-20(28)14-36(28)22-10-18(2)26(30)34-12-22/h3-4,9-12,19-20,31-32H,5-8,13-16H2,1-2H3/b4-3+/t19-,20-,27-,28-/m1/s1. The van der Waals surface area contributed by atoms with E-state index in [4.69, 9.17) is 32.7 Å². The van der Waals surface area contributed by atoms with Gasteiger partial charge in [-0.25, -0.2) is 19.6 Å². The third-order valence-corrected chi connectivity index (χ3v) is 9.42. The number of fused-ring (bicyclic) bond motifs is 2. The maximum absolute atomic E-state index is 13.1. The Labute approximate surface area is 243 Å². The Balaban J connectivity index is 1.16. The van der Waals surface area contributed by atoms with E-state index in [0.717, 1.165) is 73.7 Å². The van der Waals surface area contributed by atoms with Crippen LogP contribution in [0.1, 0.15) is 24.0 Å². The summed E-state index contributed by atoms with van der Waals surface area (Å²) in [6, 6.07) is 3.89. The minimum Gasteiger partial charge on any atom is -0.434 e. The number of pyridine rings is 2. The number of carbonyl (C=O) groups is 2. The quantitative estimate of drug-likeness (QED) is 0.298. The van der Waals surface area contributed by atoms with Crippen LogP contribution in [0.2, 0.25) is 10.3 Å². The van der Waals surface area contributed by atoms with Crippen molar-refractivity contribution < 1.29 is 19.1 Å². The van der Waals surface area contributed by atoms with E-state index >= 15 is 0 Å². The van der Waals surface area contributed by atoms with Gasteiger partial charge in [0.2, 0.25) is 11.4 Å². The molecule has 4 aliphatic heterocycles. The summed E-state index contributed by atoms with van der Waals surface area (Å²) in [5.74, 6) is -0.871. The van der Waals surface area contributed by atoms with Crippen molar-refractivity contribution in [1.82, 2.24) is 20.6 Å². The molecule has 4 atom stereocenters. The van der Waals surface area contributed by atoms with Gasteiger partial charge in [0.1, 0.15) is 10.3 Å². The number of esters is 2. The van der Waals surface area contributed by atoms with E-state index in [2.05, 4.69) is 20.6 Å². The average molecular weight is 588 g/mol. The number of rotatable bonds is 6. The highest BCUT2D eigenvalue weighted by molar-refractivity contribution is 6.30. The number of carbonyl (C=O) groups excluding carboxylic acids is 2. The predicted octanol–water partition coefficient (Wildman–Crippen LogP) is 2.99. The molecule has 0 bridgehead atoms. The highest BCUT2D eigenvalue weighted by atomic mass is 35.5. The molecule has 6 rings (SSSR count). The van der Waals surface area contributed by atoms with Crippen LogP contribution in [0.4, 0.5) is 11.4 Å². The Kier molecular flexibility index (Phi) is 7.14. The maximum Gasteiger partial charge on any atom is 0.333 e. The van der Waals surface area contributed by atoms with Crippen molar-refractivity contribution in [3.8, 4) is 0 Å². The number of aromatic nitrogens is 2. The SMILES string of the molecule is Cc1cc(N2C[C@H]3CCNC[C@@]32OC(=O)/C=C/C(=O)O[C@]23CNCC[C@@H]2CN3c2cnc(Cl)c(C)c2)cnc1Cl. The molecule has 2 N–H and O–H groups in total. The van der Waals surface area contributed by atoms with Gasteiger partial charge in [-0.3, -0.25) is 0 Å². The fourth-order valence-corrected chi connectivity index (χ4v) is 6.59. The summed E-state index contributed by atoms with van der Waals surface area (Å²) in [7, 11) is 0. The zero-order valence-electron chi connectivity index (χ0n) is 22.5. The minimum absolute atomic E-state index is 0.168. The summed E-state index contributed by atoms with van der Waals surface area (Å²) in [5.41, 5.74) is 1.66. The zero-order valence-corrected chi connectivity index (χ0v) is 24.0. The van der Waals surface area contributed by atoms with Gasteiger partial charge in [0, 0.05) is 37.1 Å². The van der Waals surface area contributed by atoms with Crippen LogP contribution in [0.25, 0.3) is 0 Å². The second-order valence-corrected chi connectivity index (χ2v) is 11.7.